The van der Waals surface area contributed by atoms with Crippen LogP contribution in [-0.2, 0) is 21.4 Å². The summed E-state index contributed by atoms with van der Waals surface area (Å²) in [7, 11) is -3.45. The molecule has 0 aliphatic heterocycles. The molecule has 0 radical (unpaired) electrons. The van der Waals surface area contributed by atoms with Crippen molar-refractivity contribution in [2.24, 2.45) is 5.92 Å². The Morgan fingerprint density at radius 2 is 1.79 bits per heavy atom. The number of imidazole rings is 1. The maximum atomic E-state index is 14.6. The zero-order chi connectivity index (χ0) is 30.3. The molecule has 5 heterocycles. The molecule has 0 aliphatic carbocycles. The number of pyridine rings is 3. The molecule has 1 aromatic carbocycles. The lowest BCUT2D eigenvalue weighted by atomic mass is 10.0. The first-order valence-corrected chi connectivity index (χ1v) is 15.1. The van der Waals surface area contributed by atoms with Gasteiger partial charge in [0.15, 0.2) is 5.82 Å². The normalized spacial score (nSPS) is 11.9. The third-order valence-corrected chi connectivity index (χ3v) is 7.37. The number of halogens is 1. The van der Waals surface area contributed by atoms with Crippen LogP contribution in [0.4, 0.5) is 10.1 Å². The minimum atomic E-state index is -3.45. The molecule has 218 valence electrons. The number of aromatic amines is 2. The Labute approximate surface area is 245 Å². The highest BCUT2D eigenvalue weighted by Gasteiger charge is 2.18. The molecule has 0 saturated carbocycles. The summed E-state index contributed by atoms with van der Waals surface area (Å²) >= 11 is 0. The largest absolute Gasteiger partial charge is 0.335 e. The molecular weight excluding hydrogens is 573 g/mol. The van der Waals surface area contributed by atoms with Crippen LogP contribution in [0.5, 0.6) is 0 Å². The average molecular weight is 600 g/mol. The van der Waals surface area contributed by atoms with Crippen LogP contribution in [-0.4, -0.2) is 55.7 Å². The van der Waals surface area contributed by atoms with Gasteiger partial charge in [-0.15, -0.1) is 0 Å². The predicted molar refractivity (Wildman–Crippen MR) is 161 cm³/mol. The molecule has 0 atom stereocenters. The maximum Gasteiger partial charge on any atom is 0.226 e. The van der Waals surface area contributed by atoms with Gasteiger partial charge in [0.2, 0.25) is 15.9 Å². The molecule has 0 fully saturated rings. The number of fused-ring (bicyclic) bond motifs is 2. The molecule has 12 nitrogen and oxygen atoms in total. The number of sulfonamides is 1. The van der Waals surface area contributed by atoms with Gasteiger partial charge in [0, 0.05) is 41.4 Å². The first-order valence-electron chi connectivity index (χ1n) is 13.2. The van der Waals surface area contributed by atoms with Gasteiger partial charge in [0.1, 0.15) is 11.5 Å². The van der Waals surface area contributed by atoms with Crippen molar-refractivity contribution in [1.29, 1.82) is 0 Å². The summed E-state index contributed by atoms with van der Waals surface area (Å²) in [5, 5.41) is 11.1. The van der Waals surface area contributed by atoms with E-state index in [0.29, 0.717) is 61.7 Å². The number of carbonyl (C=O) groups excluding carboxylic acids is 1. The second kappa shape index (κ2) is 11.0. The van der Waals surface area contributed by atoms with Crippen molar-refractivity contribution in [2.75, 3.05) is 11.6 Å². The summed E-state index contributed by atoms with van der Waals surface area (Å²) in [5.74, 6) is -0.348. The Morgan fingerprint density at radius 1 is 0.977 bits per heavy atom. The van der Waals surface area contributed by atoms with Crippen molar-refractivity contribution in [2.45, 2.75) is 20.4 Å². The molecule has 0 saturated heterocycles. The fraction of sp³-hybridized carbons (Fsp3) is 0.172. The van der Waals surface area contributed by atoms with E-state index in [1.165, 1.54) is 12.1 Å². The summed E-state index contributed by atoms with van der Waals surface area (Å²) in [4.78, 5) is 33.3. The Morgan fingerprint density at radius 3 is 2.58 bits per heavy atom. The van der Waals surface area contributed by atoms with Gasteiger partial charge in [-0.25, -0.2) is 22.5 Å². The number of rotatable bonds is 8. The topological polar surface area (TPSA) is 171 Å². The van der Waals surface area contributed by atoms with E-state index in [1.54, 1.807) is 43.1 Å². The molecule has 5 aromatic heterocycles. The first-order chi connectivity index (χ1) is 20.5. The van der Waals surface area contributed by atoms with Crippen LogP contribution < -0.4 is 10.0 Å². The number of aromatic nitrogens is 7. The second-order valence-corrected chi connectivity index (χ2v) is 12.2. The van der Waals surface area contributed by atoms with Crippen LogP contribution in [0.25, 0.3) is 55.8 Å². The van der Waals surface area contributed by atoms with Gasteiger partial charge in [-0.1, -0.05) is 13.8 Å². The van der Waals surface area contributed by atoms with Gasteiger partial charge in [-0.05, 0) is 41.5 Å². The van der Waals surface area contributed by atoms with Crippen LogP contribution in [0.15, 0.2) is 61.3 Å². The highest BCUT2D eigenvalue weighted by Crippen LogP contribution is 2.33. The summed E-state index contributed by atoms with van der Waals surface area (Å²) in [5.41, 5.74) is 5.78. The minimum Gasteiger partial charge on any atom is -0.335 e. The number of nitrogens with zero attached hydrogens (tertiary/aromatic N) is 5. The number of H-pyrrole nitrogens is 2. The number of anilines is 1. The van der Waals surface area contributed by atoms with E-state index in [1.807, 2.05) is 19.9 Å². The zero-order valence-corrected chi connectivity index (χ0v) is 24.1. The van der Waals surface area contributed by atoms with E-state index < -0.39 is 15.8 Å². The third-order valence-electron chi connectivity index (χ3n) is 6.70. The molecule has 4 N–H and O–H groups in total. The fourth-order valence-electron chi connectivity index (χ4n) is 4.57. The number of hydrogen-bond acceptors (Lipinski definition) is 8. The number of hydrogen-bond donors (Lipinski definition) is 4. The lowest BCUT2D eigenvalue weighted by Crippen LogP contribution is -2.21. The monoisotopic (exact) mass is 599 g/mol. The van der Waals surface area contributed by atoms with E-state index in [2.05, 4.69) is 40.2 Å². The number of benzene rings is 1. The number of amides is 1. The summed E-state index contributed by atoms with van der Waals surface area (Å²) < 4.78 is 40.0. The van der Waals surface area contributed by atoms with Crippen LogP contribution in [0.1, 0.15) is 19.4 Å². The lowest BCUT2D eigenvalue weighted by molar-refractivity contribution is -0.118. The van der Waals surface area contributed by atoms with Crippen molar-refractivity contribution in [1.82, 2.24) is 39.8 Å². The molecule has 6 aromatic rings. The molecule has 0 unspecified atom stereocenters. The van der Waals surface area contributed by atoms with Crippen LogP contribution in [0.3, 0.4) is 0 Å². The lowest BCUT2D eigenvalue weighted by Gasteiger charge is -2.08. The van der Waals surface area contributed by atoms with E-state index in [0.717, 1.165) is 11.6 Å². The third kappa shape index (κ3) is 5.96. The summed E-state index contributed by atoms with van der Waals surface area (Å²) in [6.07, 6.45) is 9.15. The maximum absolute atomic E-state index is 14.6. The highest BCUT2D eigenvalue weighted by molar-refractivity contribution is 7.88. The molecule has 0 bridgehead atoms. The van der Waals surface area contributed by atoms with Gasteiger partial charge >= 0.3 is 0 Å². The van der Waals surface area contributed by atoms with E-state index in [-0.39, 0.29) is 18.4 Å². The van der Waals surface area contributed by atoms with Gasteiger partial charge in [-0.2, -0.15) is 5.10 Å². The van der Waals surface area contributed by atoms with Gasteiger partial charge in [0.25, 0.3) is 0 Å². The Kier molecular flexibility index (Phi) is 7.15. The Hall–Kier alpha value is -5.08. The predicted octanol–water partition coefficient (Wildman–Crippen LogP) is 4.41. The quantitative estimate of drug-likeness (QED) is 0.199. The van der Waals surface area contributed by atoms with Crippen LogP contribution in [0.2, 0.25) is 0 Å². The van der Waals surface area contributed by atoms with Crippen LogP contribution >= 0.6 is 0 Å². The Bertz CT molecular complexity index is 2120. The van der Waals surface area contributed by atoms with Crippen molar-refractivity contribution < 1.29 is 17.6 Å². The molecule has 43 heavy (non-hydrogen) atoms. The molecule has 6 rings (SSSR count). The minimum absolute atomic E-state index is 0.0586. The molecular formula is C29H26FN9O3S. The number of nitrogens with one attached hydrogen (secondary N) is 4. The van der Waals surface area contributed by atoms with Crippen LogP contribution in [0, 0.1) is 11.7 Å². The van der Waals surface area contributed by atoms with Gasteiger partial charge < -0.3 is 10.3 Å². The first kappa shape index (κ1) is 28.1. The van der Waals surface area contributed by atoms with E-state index in [4.69, 9.17) is 4.98 Å². The summed E-state index contributed by atoms with van der Waals surface area (Å²) in [6, 6.07) is 7.98. The van der Waals surface area contributed by atoms with Gasteiger partial charge in [-0.3, -0.25) is 24.8 Å². The smallest absolute Gasteiger partial charge is 0.226 e. The SMILES string of the molecule is CC(C)C(=O)Nc1cncc(-c2cc3c(-c4nc5c(-c6cc(F)cc(CNS(C)(=O)=O)c6)cncc5[nH]4)n[nH]c3cn2)c1. The fourth-order valence-corrected chi connectivity index (χ4v) is 5.00. The van der Waals surface area contributed by atoms with Crippen molar-refractivity contribution >= 4 is 43.6 Å². The molecule has 0 spiro atoms. The Balaban J connectivity index is 1.38. The van der Waals surface area contributed by atoms with E-state index in [9.17, 15) is 17.6 Å². The van der Waals surface area contributed by atoms with Crippen molar-refractivity contribution in [3.63, 3.8) is 0 Å². The van der Waals surface area contributed by atoms with E-state index >= 15 is 0 Å². The number of carbonyl (C=O) groups is 1. The highest BCUT2D eigenvalue weighted by atomic mass is 32.2. The summed E-state index contributed by atoms with van der Waals surface area (Å²) in [6.45, 7) is 3.57. The molecule has 0 aliphatic rings. The van der Waals surface area contributed by atoms with Crippen molar-refractivity contribution in [3.8, 4) is 33.9 Å². The molecule has 14 heteroatoms. The zero-order valence-electron chi connectivity index (χ0n) is 23.3. The second-order valence-electron chi connectivity index (χ2n) is 10.4. The van der Waals surface area contributed by atoms with Crippen molar-refractivity contribution in [3.05, 3.63) is 72.7 Å². The standard InChI is InChI=1S/C29H26FN9O3S/c1-15(2)29(40)35-20-7-18(10-31-11-20)23-8-21-24(14-33-23)38-39-27(21)28-36-25-13-32-12-22(26(25)37-28)17-4-16(5-19(30)6-17)9-34-43(3,41)42/h4-8,10-15,34H,9H2,1-3H3,(H,35,40)(H,36,37)(H,38,39). The molecule has 1 amide bonds. The average Bonchev–Trinajstić information content (AvgIpc) is 3.59. The van der Waals surface area contributed by atoms with Gasteiger partial charge in [0.05, 0.1) is 52.8 Å².